The zero-order valence-electron chi connectivity index (χ0n) is 8.08. The van der Waals surface area contributed by atoms with Crippen LogP contribution in [0.5, 0.6) is 0 Å². The first-order valence-electron chi connectivity index (χ1n) is 4.84. The van der Waals surface area contributed by atoms with Gasteiger partial charge < -0.3 is 9.32 Å². The van der Waals surface area contributed by atoms with E-state index in [1.54, 1.807) is 6.07 Å². The van der Waals surface area contributed by atoms with Gasteiger partial charge in [0.2, 0.25) is 0 Å². The Balaban J connectivity index is 2.18. The van der Waals surface area contributed by atoms with Crippen LogP contribution < -0.4 is 0 Å². The number of hydrogen-bond donors (Lipinski definition) is 0. The molecule has 1 atom stereocenters. The molecule has 0 aromatic carbocycles. The minimum absolute atomic E-state index is 0.0533. The summed E-state index contributed by atoms with van der Waals surface area (Å²) in [5, 5.41) is 0.841. The van der Waals surface area contributed by atoms with Gasteiger partial charge in [0.25, 0.3) is 5.91 Å². The number of furan rings is 1. The van der Waals surface area contributed by atoms with E-state index in [1.165, 1.54) is 6.26 Å². The quantitative estimate of drug-likeness (QED) is 0.778. The molecule has 15 heavy (non-hydrogen) atoms. The van der Waals surface area contributed by atoms with Gasteiger partial charge in [-0.1, -0.05) is 15.9 Å². The second kappa shape index (κ2) is 4.70. The van der Waals surface area contributed by atoms with Gasteiger partial charge in [0.05, 0.1) is 11.8 Å². The normalized spacial score (nSPS) is 20.9. The summed E-state index contributed by atoms with van der Waals surface area (Å²) in [6.07, 6.45) is 3.68. The van der Waals surface area contributed by atoms with E-state index in [1.807, 2.05) is 4.90 Å². The largest absolute Gasteiger partial charge is 0.457 e. The highest BCUT2D eigenvalue weighted by atomic mass is 79.9. The van der Waals surface area contributed by atoms with Gasteiger partial charge >= 0.3 is 0 Å². The molecule has 0 spiro atoms. The topological polar surface area (TPSA) is 33.5 Å². The molecule has 2 heterocycles. The van der Waals surface area contributed by atoms with Gasteiger partial charge in [0.1, 0.15) is 0 Å². The van der Waals surface area contributed by atoms with Gasteiger partial charge in [0, 0.05) is 17.9 Å². The second-order valence-corrected chi connectivity index (χ2v) is 4.92. The van der Waals surface area contributed by atoms with Crippen LogP contribution >= 0.6 is 31.9 Å². The number of nitrogens with zero attached hydrogens (tertiary/aromatic N) is 1. The maximum Gasteiger partial charge on any atom is 0.258 e. The van der Waals surface area contributed by atoms with Crippen LogP contribution in [0, 0.1) is 0 Å². The van der Waals surface area contributed by atoms with E-state index in [9.17, 15) is 4.79 Å². The third-order valence-corrected chi connectivity index (χ3v) is 4.03. The Morgan fingerprint density at radius 2 is 2.47 bits per heavy atom. The first-order chi connectivity index (χ1) is 7.24. The van der Waals surface area contributed by atoms with E-state index >= 15 is 0 Å². The Labute approximate surface area is 105 Å². The third-order valence-electron chi connectivity index (χ3n) is 2.66. The Kier molecular flexibility index (Phi) is 3.51. The van der Waals surface area contributed by atoms with Gasteiger partial charge in [-0.15, -0.1) is 0 Å². The van der Waals surface area contributed by atoms with Gasteiger partial charge in [-0.3, -0.25) is 4.79 Å². The molecule has 1 aromatic rings. The van der Waals surface area contributed by atoms with Crippen molar-refractivity contribution in [3.8, 4) is 0 Å². The molecule has 1 aliphatic heterocycles. The van der Waals surface area contributed by atoms with Crippen LogP contribution in [0.3, 0.4) is 0 Å². The predicted octanol–water partition coefficient (Wildman–Crippen LogP) is 3.04. The molecule has 0 radical (unpaired) electrons. The Morgan fingerprint density at radius 1 is 1.67 bits per heavy atom. The SMILES string of the molecule is O=C(c1ccoc1Br)N1CCCC1CBr. The number of rotatable bonds is 2. The van der Waals surface area contributed by atoms with Crippen molar-refractivity contribution < 1.29 is 9.21 Å². The third kappa shape index (κ3) is 2.13. The van der Waals surface area contributed by atoms with E-state index in [0.717, 1.165) is 24.7 Å². The molecule has 1 amide bonds. The average Bonchev–Trinajstić information content (AvgIpc) is 2.84. The molecule has 3 nitrogen and oxygen atoms in total. The molecular weight excluding hydrogens is 326 g/mol. The Morgan fingerprint density at radius 3 is 3.07 bits per heavy atom. The van der Waals surface area contributed by atoms with Crippen LogP contribution in [-0.2, 0) is 0 Å². The molecule has 0 N–H and O–H groups in total. The summed E-state index contributed by atoms with van der Waals surface area (Å²) in [6.45, 7) is 0.840. The fraction of sp³-hybridized carbons (Fsp3) is 0.500. The van der Waals surface area contributed by atoms with Crippen molar-refractivity contribution in [1.29, 1.82) is 0 Å². The van der Waals surface area contributed by atoms with Gasteiger partial charge in [-0.2, -0.15) is 0 Å². The molecule has 82 valence electrons. The van der Waals surface area contributed by atoms with Crippen molar-refractivity contribution in [2.24, 2.45) is 0 Å². The van der Waals surface area contributed by atoms with Crippen molar-refractivity contribution >= 4 is 37.8 Å². The first kappa shape index (κ1) is 11.2. The molecule has 1 fully saturated rings. The zero-order valence-corrected chi connectivity index (χ0v) is 11.3. The monoisotopic (exact) mass is 335 g/mol. The van der Waals surface area contributed by atoms with E-state index in [4.69, 9.17) is 4.42 Å². The first-order valence-corrected chi connectivity index (χ1v) is 6.75. The fourth-order valence-electron chi connectivity index (χ4n) is 1.86. The molecule has 0 aliphatic carbocycles. The number of hydrogen-bond acceptors (Lipinski definition) is 2. The van der Waals surface area contributed by atoms with E-state index < -0.39 is 0 Å². The Bertz CT molecular complexity index is 364. The highest BCUT2D eigenvalue weighted by Gasteiger charge is 2.30. The van der Waals surface area contributed by atoms with Crippen LogP contribution in [0.1, 0.15) is 23.2 Å². The second-order valence-electron chi connectivity index (χ2n) is 3.56. The number of carbonyl (C=O) groups excluding carboxylic acids is 1. The molecule has 2 rings (SSSR count). The lowest BCUT2D eigenvalue weighted by Gasteiger charge is -2.22. The lowest BCUT2D eigenvalue weighted by Crippen LogP contribution is -2.36. The Hall–Kier alpha value is -0.290. The summed E-state index contributed by atoms with van der Waals surface area (Å²) in [4.78, 5) is 14.0. The predicted molar refractivity (Wildman–Crippen MR) is 64.3 cm³/mol. The number of halogens is 2. The number of carbonyl (C=O) groups is 1. The lowest BCUT2D eigenvalue weighted by atomic mass is 10.2. The summed E-state index contributed by atoms with van der Waals surface area (Å²) in [5.74, 6) is 0.0533. The number of alkyl halides is 1. The van der Waals surface area contributed by atoms with Crippen molar-refractivity contribution in [3.05, 3.63) is 22.6 Å². The molecule has 5 heteroatoms. The summed E-state index contributed by atoms with van der Waals surface area (Å²) < 4.78 is 5.59. The zero-order chi connectivity index (χ0) is 10.8. The number of amides is 1. The summed E-state index contributed by atoms with van der Waals surface area (Å²) >= 11 is 6.67. The standard InChI is InChI=1S/C10H11Br2NO2/c11-6-7-2-1-4-13(7)10(14)8-3-5-15-9(8)12/h3,5,7H,1-2,4,6H2. The molecule has 0 bridgehead atoms. The highest BCUT2D eigenvalue weighted by Crippen LogP contribution is 2.25. The maximum atomic E-state index is 12.1. The fourth-order valence-corrected chi connectivity index (χ4v) is 2.95. The van der Waals surface area contributed by atoms with Crippen molar-refractivity contribution in [2.75, 3.05) is 11.9 Å². The molecule has 1 aromatic heterocycles. The van der Waals surface area contributed by atoms with Crippen LogP contribution in [0.15, 0.2) is 21.4 Å². The summed E-state index contributed by atoms with van der Waals surface area (Å²) in [7, 11) is 0. The van der Waals surface area contributed by atoms with Crippen LogP contribution in [-0.4, -0.2) is 28.7 Å². The molecule has 0 saturated carbocycles. The van der Waals surface area contributed by atoms with E-state index in [0.29, 0.717) is 16.3 Å². The number of likely N-dealkylation sites (tertiary alicyclic amines) is 1. The smallest absolute Gasteiger partial charge is 0.258 e. The molecule has 1 aliphatic rings. The summed E-state index contributed by atoms with van der Waals surface area (Å²) in [6, 6.07) is 2.02. The maximum absolute atomic E-state index is 12.1. The van der Waals surface area contributed by atoms with Crippen molar-refractivity contribution in [1.82, 2.24) is 4.90 Å². The minimum atomic E-state index is 0.0533. The van der Waals surface area contributed by atoms with Crippen LogP contribution in [0.2, 0.25) is 0 Å². The highest BCUT2D eigenvalue weighted by molar-refractivity contribution is 9.10. The average molecular weight is 337 g/mol. The summed E-state index contributed by atoms with van der Waals surface area (Å²) in [5.41, 5.74) is 0.614. The minimum Gasteiger partial charge on any atom is -0.457 e. The van der Waals surface area contributed by atoms with Gasteiger partial charge in [-0.05, 0) is 34.8 Å². The lowest BCUT2D eigenvalue weighted by molar-refractivity contribution is 0.0748. The van der Waals surface area contributed by atoms with Crippen molar-refractivity contribution in [2.45, 2.75) is 18.9 Å². The van der Waals surface area contributed by atoms with E-state index in [2.05, 4.69) is 31.9 Å². The van der Waals surface area contributed by atoms with Crippen LogP contribution in [0.4, 0.5) is 0 Å². The van der Waals surface area contributed by atoms with Gasteiger partial charge in [-0.25, -0.2) is 0 Å². The molecule has 1 saturated heterocycles. The van der Waals surface area contributed by atoms with E-state index in [-0.39, 0.29) is 5.91 Å². The van der Waals surface area contributed by atoms with Crippen molar-refractivity contribution in [3.63, 3.8) is 0 Å². The molecular formula is C10H11Br2NO2. The van der Waals surface area contributed by atoms with Crippen LogP contribution in [0.25, 0.3) is 0 Å². The van der Waals surface area contributed by atoms with Gasteiger partial charge in [0.15, 0.2) is 4.67 Å². The molecule has 1 unspecified atom stereocenters.